The van der Waals surface area contributed by atoms with Crippen molar-refractivity contribution in [1.82, 2.24) is 9.97 Å². The highest BCUT2D eigenvalue weighted by Gasteiger charge is 2.15. The van der Waals surface area contributed by atoms with Gasteiger partial charge >= 0.3 is 0 Å². The van der Waals surface area contributed by atoms with E-state index in [0.29, 0.717) is 11.9 Å². The fraction of sp³-hybridized carbons (Fsp3) is 0.474. The minimum absolute atomic E-state index is 0.544. The molecule has 134 valence electrons. The predicted octanol–water partition coefficient (Wildman–Crippen LogP) is 3.43. The number of para-hydroxylation sites is 2. The van der Waals surface area contributed by atoms with Crippen LogP contribution in [0.3, 0.4) is 0 Å². The molecular weight excluding hydrogens is 314 g/mol. The van der Waals surface area contributed by atoms with Crippen molar-refractivity contribution in [3.05, 3.63) is 36.0 Å². The van der Waals surface area contributed by atoms with Gasteiger partial charge in [0.2, 0.25) is 5.95 Å². The predicted molar refractivity (Wildman–Crippen MR) is 103 cm³/mol. The average molecular weight is 341 g/mol. The molecule has 1 aliphatic rings. The zero-order chi connectivity index (χ0) is 17.6. The highest BCUT2D eigenvalue weighted by atomic mass is 16.5. The number of benzene rings is 1. The van der Waals surface area contributed by atoms with Crippen molar-refractivity contribution in [2.45, 2.75) is 20.8 Å². The summed E-state index contributed by atoms with van der Waals surface area (Å²) in [6.45, 7) is 10.5. The molecule has 6 nitrogen and oxygen atoms in total. The van der Waals surface area contributed by atoms with E-state index in [0.717, 1.165) is 50.0 Å². The van der Waals surface area contributed by atoms with Crippen LogP contribution in [-0.2, 0) is 4.74 Å². The normalized spacial score (nSPS) is 14.6. The van der Waals surface area contributed by atoms with Gasteiger partial charge in [-0.25, -0.2) is 4.98 Å². The minimum Gasteiger partial charge on any atom is -0.378 e. The molecule has 2 aromatic rings. The summed E-state index contributed by atoms with van der Waals surface area (Å²) >= 11 is 0. The maximum absolute atomic E-state index is 5.47. The van der Waals surface area contributed by atoms with Gasteiger partial charge in [-0.05, 0) is 25.0 Å². The average Bonchev–Trinajstić information content (AvgIpc) is 2.61. The van der Waals surface area contributed by atoms with Crippen molar-refractivity contribution >= 4 is 23.1 Å². The van der Waals surface area contributed by atoms with E-state index in [1.54, 1.807) is 0 Å². The quantitative estimate of drug-likeness (QED) is 0.839. The molecule has 3 rings (SSSR count). The van der Waals surface area contributed by atoms with Crippen LogP contribution in [-0.4, -0.2) is 42.8 Å². The van der Waals surface area contributed by atoms with Crippen LogP contribution < -0.4 is 15.5 Å². The highest BCUT2D eigenvalue weighted by Crippen LogP contribution is 2.29. The summed E-state index contributed by atoms with van der Waals surface area (Å²) in [5, 5.41) is 6.77. The molecule has 0 radical (unpaired) electrons. The molecule has 0 amide bonds. The molecule has 0 unspecified atom stereocenters. The summed E-state index contributed by atoms with van der Waals surface area (Å²) in [6.07, 6.45) is 0. The summed E-state index contributed by atoms with van der Waals surface area (Å²) in [7, 11) is 0. The number of rotatable bonds is 6. The minimum atomic E-state index is 0.544. The monoisotopic (exact) mass is 341 g/mol. The third kappa shape index (κ3) is 4.82. The van der Waals surface area contributed by atoms with Gasteiger partial charge in [0, 0.05) is 31.4 Å². The maximum Gasteiger partial charge on any atom is 0.224 e. The lowest BCUT2D eigenvalue weighted by Gasteiger charge is -2.30. The van der Waals surface area contributed by atoms with Gasteiger partial charge in [0.1, 0.15) is 5.82 Å². The zero-order valence-electron chi connectivity index (χ0n) is 15.2. The number of nitrogens with one attached hydrogen (secondary N) is 2. The Kier molecular flexibility index (Phi) is 5.71. The molecule has 2 heterocycles. The fourth-order valence-electron chi connectivity index (χ4n) is 2.80. The van der Waals surface area contributed by atoms with Crippen LogP contribution in [0.2, 0.25) is 0 Å². The fourth-order valence-corrected chi connectivity index (χ4v) is 2.80. The number of nitrogens with zero attached hydrogens (tertiary/aromatic N) is 3. The Morgan fingerprint density at radius 1 is 1.16 bits per heavy atom. The summed E-state index contributed by atoms with van der Waals surface area (Å²) in [6, 6.07) is 10.3. The van der Waals surface area contributed by atoms with E-state index in [-0.39, 0.29) is 0 Å². The second-order valence-corrected chi connectivity index (χ2v) is 6.73. The summed E-state index contributed by atoms with van der Waals surface area (Å²) in [5.41, 5.74) is 3.17. The van der Waals surface area contributed by atoms with Gasteiger partial charge in [-0.1, -0.05) is 26.0 Å². The number of hydrogen-bond acceptors (Lipinski definition) is 6. The Hall–Kier alpha value is -2.34. The van der Waals surface area contributed by atoms with Crippen molar-refractivity contribution in [3.63, 3.8) is 0 Å². The third-order valence-electron chi connectivity index (χ3n) is 4.04. The van der Waals surface area contributed by atoms with Crippen LogP contribution in [0, 0.1) is 12.8 Å². The van der Waals surface area contributed by atoms with Crippen LogP contribution in [0.1, 0.15) is 19.5 Å². The molecular formula is C19H27N5O. The molecule has 1 aliphatic heterocycles. The Morgan fingerprint density at radius 2 is 1.92 bits per heavy atom. The standard InChI is InChI=1S/C19H27N5O/c1-14(2)13-20-19-21-15(3)12-18(23-19)22-16-6-4-5-7-17(16)24-8-10-25-11-9-24/h4-7,12,14H,8-11,13H2,1-3H3,(H2,20,21,22,23). The molecule has 6 heteroatoms. The Labute approximate surface area is 149 Å². The Morgan fingerprint density at radius 3 is 2.68 bits per heavy atom. The molecule has 25 heavy (non-hydrogen) atoms. The van der Waals surface area contributed by atoms with E-state index in [1.165, 1.54) is 5.69 Å². The number of ether oxygens (including phenoxy) is 1. The van der Waals surface area contributed by atoms with Gasteiger partial charge in [0.25, 0.3) is 0 Å². The summed E-state index contributed by atoms with van der Waals surface area (Å²) in [5.74, 6) is 2.02. The Bertz CT molecular complexity index is 698. The van der Waals surface area contributed by atoms with Crippen molar-refractivity contribution in [3.8, 4) is 0 Å². The first-order valence-corrected chi connectivity index (χ1v) is 8.90. The topological polar surface area (TPSA) is 62.3 Å². The molecule has 0 spiro atoms. The number of aromatic nitrogens is 2. The van der Waals surface area contributed by atoms with Crippen LogP contribution in [0.4, 0.5) is 23.1 Å². The van der Waals surface area contributed by atoms with Crippen molar-refractivity contribution < 1.29 is 4.74 Å². The largest absolute Gasteiger partial charge is 0.378 e. The van der Waals surface area contributed by atoms with Gasteiger partial charge in [-0.2, -0.15) is 4.98 Å². The molecule has 2 N–H and O–H groups in total. The molecule has 1 aromatic carbocycles. The van der Waals surface area contributed by atoms with Crippen LogP contribution in [0.15, 0.2) is 30.3 Å². The van der Waals surface area contributed by atoms with E-state index in [4.69, 9.17) is 4.74 Å². The lowest BCUT2D eigenvalue weighted by Crippen LogP contribution is -2.36. The molecule has 1 aromatic heterocycles. The second-order valence-electron chi connectivity index (χ2n) is 6.73. The molecule has 1 fully saturated rings. The lowest BCUT2D eigenvalue weighted by molar-refractivity contribution is 0.123. The van der Waals surface area contributed by atoms with E-state index < -0.39 is 0 Å². The highest BCUT2D eigenvalue weighted by molar-refractivity contribution is 5.74. The van der Waals surface area contributed by atoms with E-state index in [9.17, 15) is 0 Å². The number of hydrogen-bond donors (Lipinski definition) is 2. The maximum atomic E-state index is 5.47. The molecule has 0 atom stereocenters. The molecule has 0 aliphatic carbocycles. The van der Waals surface area contributed by atoms with Gasteiger partial charge in [-0.3, -0.25) is 0 Å². The van der Waals surface area contributed by atoms with E-state index in [2.05, 4.69) is 57.5 Å². The van der Waals surface area contributed by atoms with Crippen molar-refractivity contribution in [1.29, 1.82) is 0 Å². The lowest BCUT2D eigenvalue weighted by atomic mass is 10.2. The van der Waals surface area contributed by atoms with Gasteiger partial charge in [-0.15, -0.1) is 0 Å². The first kappa shape index (κ1) is 17.5. The Balaban J connectivity index is 1.80. The first-order chi connectivity index (χ1) is 12.1. The first-order valence-electron chi connectivity index (χ1n) is 8.90. The van der Waals surface area contributed by atoms with Gasteiger partial charge in [0.05, 0.1) is 24.6 Å². The van der Waals surface area contributed by atoms with Gasteiger partial charge < -0.3 is 20.3 Å². The molecule has 0 bridgehead atoms. The summed E-state index contributed by atoms with van der Waals surface area (Å²) < 4.78 is 5.47. The van der Waals surface area contributed by atoms with Crippen LogP contribution in [0.5, 0.6) is 0 Å². The molecule has 0 saturated carbocycles. The van der Waals surface area contributed by atoms with Crippen molar-refractivity contribution in [2.24, 2.45) is 5.92 Å². The number of morpholine rings is 1. The van der Waals surface area contributed by atoms with Crippen molar-refractivity contribution in [2.75, 3.05) is 48.4 Å². The second kappa shape index (κ2) is 8.16. The van der Waals surface area contributed by atoms with Gasteiger partial charge in [0.15, 0.2) is 0 Å². The number of anilines is 4. The zero-order valence-corrected chi connectivity index (χ0v) is 15.2. The van der Waals surface area contributed by atoms with Crippen LogP contribution >= 0.6 is 0 Å². The van der Waals surface area contributed by atoms with E-state index in [1.807, 2.05) is 19.1 Å². The van der Waals surface area contributed by atoms with E-state index >= 15 is 0 Å². The smallest absolute Gasteiger partial charge is 0.224 e. The summed E-state index contributed by atoms with van der Waals surface area (Å²) in [4.78, 5) is 11.4. The van der Waals surface area contributed by atoms with Crippen LogP contribution in [0.25, 0.3) is 0 Å². The molecule has 1 saturated heterocycles. The third-order valence-corrected chi connectivity index (χ3v) is 4.04. The number of aryl methyl sites for hydroxylation is 1. The SMILES string of the molecule is Cc1cc(Nc2ccccc2N2CCOCC2)nc(NCC(C)C)n1.